The highest BCUT2D eigenvalue weighted by atomic mass is 35.5. The fourth-order valence-corrected chi connectivity index (χ4v) is 2.27. The summed E-state index contributed by atoms with van der Waals surface area (Å²) in [6.07, 6.45) is 3.85. The van der Waals surface area contributed by atoms with Crippen LogP contribution in [0.3, 0.4) is 0 Å². The van der Waals surface area contributed by atoms with E-state index in [1.807, 2.05) is 13.0 Å². The molecule has 0 aliphatic heterocycles. The van der Waals surface area contributed by atoms with Gasteiger partial charge in [-0.15, -0.1) is 11.8 Å². The maximum absolute atomic E-state index is 5.83. The van der Waals surface area contributed by atoms with Crippen LogP contribution in [-0.4, -0.2) is 11.2 Å². The molecular formula is C14H15ClN2S. The van der Waals surface area contributed by atoms with Gasteiger partial charge in [0, 0.05) is 11.4 Å². The SMILES string of the molecule is CSc1ccc(CNc2cnc(Cl)cc2C)cc1. The molecule has 0 amide bonds. The summed E-state index contributed by atoms with van der Waals surface area (Å²) in [5.74, 6) is 0. The highest BCUT2D eigenvalue weighted by Gasteiger charge is 2.00. The van der Waals surface area contributed by atoms with Gasteiger partial charge in [0.15, 0.2) is 0 Å². The first-order valence-corrected chi connectivity index (χ1v) is 7.28. The number of pyridine rings is 1. The van der Waals surface area contributed by atoms with Crippen LogP contribution in [0.1, 0.15) is 11.1 Å². The van der Waals surface area contributed by atoms with Crippen molar-refractivity contribution in [2.75, 3.05) is 11.6 Å². The van der Waals surface area contributed by atoms with Gasteiger partial charge in [-0.1, -0.05) is 23.7 Å². The topological polar surface area (TPSA) is 24.9 Å². The van der Waals surface area contributed by atoms with Crippen LogP contribution >= 0.6 is 23.4 Å². The number of aromatic nitrogens is 1. The maximum Gasteiger partial charge on any atom is 0.129 e. The van der Waals surface area contributed by atoms with E-state index in [1.54, 1.807) is 18.0 Å². The summed E-state index contributed by atoms with van der Waals surface area (Å²) < 4.78 is 0. The van der Waals surface area contributed by atoms with Crippen LogP contribution in [0.4, 0.5) is 5.69 Å². The third-order valence-corrected chi connectivity index (χ3v) is 3.67. The Morgan fingerprint density at radius 1 is 1.28 bits per heavy atom. The zero-order valence-electron chi connectivity index (χ0n) is 10.4. The van der Waals surface area contributed by atoms with Gasteiger partial charge in [-0.3, -0.25) is 0 Å². The van der Waals surface area contributed by atoms with Crippen LogP contribution in [0.25, 0.3) is 0 Å². The molecule has 18 heavy (non-hydrogen) atoms. The van der Waals surface area contributed by atoms with E-state index in [2.05, 4.69) is 40.8 Å². The number of hydrogen-bond donors (Lipinski definition) is 1. The lowest BCUT2D eigenvalue weighted by Gasteiger charge is -2.09. The monoisotopic (exact) mass is 278 g/mol. The predicted octanol–water partition coefficient (Wildman–Crippen LogP) is 4.38. The summed E-state index contributed by atoms with van der Waals surface area (Å²) in [6.45, 7) is 2.81. The zero-order valence-corrected chi connectivity index (χ0v) is 12.0. The fourth-order valence-electron chi connectivity index (χ4n) is 1.65. The van der Waals surface area contributed by atoms with E-state index in [9.17, 15) is 0 Å². The Bertz CT molecular complexity index is 526. The number of benzene rings is 1. The van der Waals surface area contributed by atoms with Crippen LogP contribution in [0, 0.1) is 6.92 Å². The minimum atomic E-state index is 0.530. The Balaban J connectivity index is 2.02. The molecule has 4 heteroatoms. The fraction of sp³-hybridized carbons (Fsp3) is 0.214. The lowest BCUT2D eigenvalue weighted by Crippen LogP contribution is -2.01. The van der Waals surface area contributed by atoms with Crippen molar-refractivity contribution in [3.05, 3.63) is 52.8 Å². The zero-order chi connectivity index (χ0) is 13.0. The Labute approximate surface area is 117 Å². The van der Waals surface area contributed by atoms with Crippen LogP contribution in [0.15, 0.2) is 41.4 Å². The number of nitrogens with zero attached hydrogens (tertiary/aromatic N) is 1. The first kappa shape index (κ1) is 13.2. The molecule has 0 atom stereocenters. The molecule has 0 saturated heterocycles. The summed E-state index contributed by atoms with van der Waals surface area (Å²) in [5.41, 5.74) is 3.38. The average Bonchev–Trinajstić information content (AvgIpc) is 2.38. The molecule has 2 nitrogen and oxygen atoms in total. The smallest absolute Gasteiger partial charge is 0.129 e. The summed E-state index contributed by atoms with van der Waals surface area (Å²) in [5, 5.41) is 3.90. The summed E-state index contributed by atoms with van der Waals surface area (Å²) in [4.78, 5) is 5.36. The average molecular weight is 279 g/mol. The molecule has 94 valence electrons. The van der Waals surface area contributed by atoms with Crippen molar-refractivity contribution < 1.29 is 0 Å². The second-order valence-electron chi connectivity index (χ2n) is 4.02. The van der Waals surface area contributed by atoms with Crippen LogP contribution < -0.4 is 5.32 Å². The van der Waals surface area contributed by atoms with Crippen molar-refractivity contribution in [2.24, 2.45) is 0 Å². The van der Waals surface area contributed by atoms with Gasteiger partial charge in [-0.2, -0.15) is 0 Å². The van der Waals surface area contributed by atoms with E-state index < -0.39 is 0 Å². The standard InChI is InChI=1S/C14H15ClN2S/c1-10-7-14(15)17-9-13(10)16-8-11-3-5-12(18-2)6-4-11/h3-7,9,16H,8H2,1-2H3. The highest BCUT2D eigenvalue weighted by Crippen LogP contribution is 2.19. The van der Waals surface area contributed by atoms with Gasteiger partial charge in [0.25, 0.3) is 0 Å². The van der Waals surface area contributed by atoms with Crippen LogP contribution in [-0.2, 0) is 6.54 Å². The highest BCUT2D eigenvalue weighted by molar-refractivity contribution is 7.98. The minimum absolute atomic E-state index is 0.530. The molecule has 2 rings (SSSR count). The van der Waals surface area contributed by atoms with Gasteiger partial charge in [0.2, 0.25) is 0 Å². The molecule has 1 aromatic heterocycles. The number of halogens is 1. The quantitative estimate of drug-likeness (QED) is 0.664. The minimum Gasteiger partial charge on any atom is -0.380 e. The molecule has 1 N–H and O–H groups in total. The van der Waals surface area contributed by atoms with E-state index in [1.165, 1.54) is 10.5 Å². The van der Waals surface area contributed by atoms with E-state index in [-0.39, 0.29) is 0 Å². The van der Waals surface area contributed by atoms with Crippen LogP contribution in [0.2, 0.25) is 5.15 Å². The molecule has 0 spiro atoms. The lowest BCUT2D eigenvalue weighted by molar-refractivity contribution is 1.12. The van der Waals surface area contributed by atoms with Gasteiger partial charge in [0.1, 0.15) is 5.15 Å². The number of thioether (sulfide) groups is 1. The molecule has 0 aliphatic rings. The largest absolute Gasteiger partial charge is 0.380 e. The summed E-state index contributed by atoms with van der Waals surface area (Å²) in [6, 6.07) is 10.4. The van der Waals surface area contributed by atoms with Crippen molar-refractivity contribution in [3.8, 4) is 0 Å². The second kappa shape index (κ2) is 6.12. The Hall–Kier alpha value is -1.19. The molecule has 0 radical (unpaired) electrons. The Kier molecular flexibility index (Phi) is 4.50. The summed E-state index contributed by atoms with van der Waals surface area (Å²) in [7, 11) is 0. The Morgan fingerprint density at radius 3 is 2.61 bits per heavy atom. The van der Waals surface area contributed by atoms with E-state index in [0.29, 0.717) is 5.15 Å². The summed E-state index contributed by atoms with van der Waals surface area (Å²) >= 11 is 7.58. The molecule has 0 bridgehead atoms. The van der Waals surface area contributed by atoms with Crippen molar-refractivity contribution in [2.45, 2.75) is 18.4 Å². The van der Waals surface area contributed by atoms with Gasteiger partial charge < -0.3 is 5.32 Å². The van der Waals surface area contributed by atoms with Gasteiger partial charge in [0.05, 0.1) is 11.9 Å². The van der Waals surface area contributed by atoms with Gasteiger partial charge in [-0.05, 0) is 42.5 Å². The van der Waals surface area contributed by atoms with Crippen molar-refractivity contribution >= 4 is 29.1 Å². The van der Waals surface area contributed by atoms with Crippen molar-refractivity contribution in [1.82, 2.24) is 4.98 Å². The number of hydrogen-bond acceptors (Lipinski definition) is 3. The molecular weight excluding hydrogens is 264 g/mol. The number of rotatable bonds is 4. The predicted molar refractivity (Wildman–Crippen MR) is 79.5 cm³/mol. The lowest BCUT2D eigenvalue weighted by atomic mass is 10.2. The molecule has 2 aromatic rings. The van der Waals surface area contributed by atoms with Crippen LogP contribution in [0.5, 0.6) is 0 Å². The maximum atomic E-state index is 5.83. The van der Waals surface area contributed by atoms with E-state index in [4.69, 9.17) is 11.6 Å². The second-order valence-corrected chi connectivity index (χ2v) is 5.29. The van der Waals surface area contributed by atoms with E-state index >= 15 is 0 Å². The number of aryl methyl sites for hydroxylation is 1. The van der Waals surface area contributed by atoms with E-state index in [0.717, 1.165) is 17.8 Å². The molecule has 0 unspecified atom stereocenters. The molecule has 0 fully saturated rings. The van der Waals surface area contributed by atoms with Gasteiger partial charge in [-0.25, -0.2) is 4.98 Å². The van der Waals surface area contributed by atoms with Crippen molar-refractivity contribution in [3.63, 3.8) is 0 Å². The number of nitrogens with one attached hydrogen (secondary N) is 1. The third-order valence-electron chi connectivity index (χ3n) is 2.72. The first-order chi connectivity index (χ1) is 8.69. The Morgan fingerprint density at radius 2 is 2.00 bits per heavy atom. The number of anilines is 1. The van der Waals surface area contributed by atoms with Gasteiger partial charge >= 0.3 is 0 Å². The molecule has 0 aliphatic carbocycles. The normalized spacial score (nSPS) is 10.4. The molecule has 0 saturated carbocycles. The molecule has 1 aromatic carbocycles. The third kappa shape index (κ3) is 3.40. The first-order valence-electron chi connectivity index (χ1n) is 5.68. The molecule has 1 heterocycles. The van der Waals surface area contributed by atoms with Crippen molar-refractivity contribution in [1.29, 1.82) is 0 Å².